The minimum Gasteiger partial charge on any atom is -0.444 e. The van der Waals surface area contributed by atoms with E-state index in [0.29, 0.717) is 19.9 Å². The van der Waals surface area contributed by atoms with Crippen molar-refractivity contribution in [3.05, 3.63) is 36.7 Å². The van der Waals surface area contributed by atoms with Crippen molar-refractivity contribution in [2.24, 2.45) is 0 Å². The van der Waals surface area contributed by atoms with Crippen molar-refractivity contribution in [3.8, 4) is 22.4 Å². The molecule has 14 heteroatoms. The lowest BCUT2D eigenvalue weighted by Crippen LogP contribution is -2.51. The number of ether oxygens (including phenoxy) is 3. The van der Waals surface area contributed by atoms with E-state index in [1.807, 2.05) is 66.6 Å². The zero-order chi connectivity index (χ0) is 35.6. The Labute approximate surface area is 296 Å². The van der Waals surface area contributed by atoms with Gasteiger partial charge in [0.1, 0.15) is 29.6 Å². The minimum atomic E-state index is -1.25. The number of benzene rings is 1. The van der Waals surface area contributed by atoms with E-state index < -0.39 is 13.7 Å². The van der Waals surface area contributed by atoms with Gasteiger partial charge in [-0.1, -0.05) is 30.9 Å². The first-order chi connectivity index (χ1) is 23.8. The number of hydrogen-bond donors (Lipinski definition) is 0. The van der Waals surface area contributed by atoms with Crippen LogP contribution in [0.1, 0.15) is 66.0 Å². The fraction of sp³-hybridized carbons (Fsp3) is 0.611. The molecule has 2 aliphatic heterocycles. The van der Waals surface area contributed by atoms with Crippen LogP contribution in [0.3, 0.4) is 0 Å². The smallest absolute Gasteiger partial charge is 0.410 e. The second-order valence-corrected chi connectivity index (χ2v) is 21.5. The lowest BCUT2D eigenvalue weighted by Gasteiger charge is -2.41. The fourth-order valence-electron chi connectivity index (χ4n) is 6.65. The average Bonchev–Trinajstić information content (AvgIpc) is 3.74. The van der Waals surface area contributed by atoms with Gasteiger partial charge in [0.2, 0.25) is 0 Å². The van der Waals surface area contributed by atoms with Gasteiger partial charge in [-0.05, 0) is 84.0 Å². The molecule has 50 heavy (non-hydrogen) atoms. The Morgan fingerprint density at radius 2 is 1.86 bits per heavy atom. The van der Waals surface area contributed by atoms with Crippen molar-refractivity contribution in [1.82, 2.24) is 39.9 Å². The molecule has 5 heterocycles. The van der Waals surface area contributed by atoms with Crippen LogP contribution >= 0.6 is 0 Å². The first-order valence-corrected chi connectivity index (χ1v) is 21.6. The number of nitrogens with zero attached hydrogens (tertiary/aromatic N) is 9. The average molecular weight is 704 g/mol. The number of piperidine rings is 1. The van der Waals surface area contributed by atoms with E-state index in [9.17, 15) is 4.79 Å². The molecule has 0 bridgehead atoms. The number of carbonyl (C=O) groups excluding carboxylic acids is 1. The second-order valence-electron chi connectivity index (χ2n) is 15.9. The molecular formula is C36H53N9O4Si. The number of amides is 1. The highest BCUT2D eigenvalue weighted by Gasteiger charge is 2.34. The first kappa shape index (κ1) is 35.9. The molecule has 0 saturated carbocycles. The summed E-state index contributed by atoms with van der Waals surface area (Å²) in [4.78, 5) is 16.8. The molecule has 2 saturated heterocycles. The quantitative estimate of drug-likeness (QED) is 0.126. The maximum Gasteiger partial charge on any atom is 0.410 e. The van der Waals surface area contributed by atoms with Gasteiger partial charge >= 0.3 is 6.09 Å². The highest BCUT2D eigenvalue weighted by molar-refractivity contribution is 6.76. The molecule has 3 atom stereocenters. The molecule has 1 unspecified atom stereocenters. The summed E-state index contributed by atoms with van der Waals surface area (Å²) in [7, 11) is 0.803. The second kappa shape index (κ2) is 14.8. The maximum atomic E-state index is 12.8. The van der Waals surface area contributed by atoms with Crippen molar-refractivity contribution in [3.63, 3.8) is 0 Å². The Balaban J connectivity index is 1.24. The number of rotatable bonds is 10. The number of anilines is 1. The Bertz CT molecular complexity index is 1760. The van der Waals surface area contributed by atoms with Crippen molar-refractivity contribution in [2.45, 2.75) is 116 Å². The molecule has 270 valence electrons. The first-order valence-electron chi connectivity index (χ1n) is 17.9. The van der Waals surface area contributed by atoms with E-state index >= 15 is 0 Å². The monoisotopic (exact) mass is 703 g/mol. The largest absolute Gasteiger partial charge is 0.444 e. The van der Waals surface area contributed by atoms with E-state index in [0.717, 1.165) is 84.0 Å². The zero-order valence-corrected chi connectivity index (χ0v) is 31.9. The summed E-state index contributed by atoms with van der Waals surface area (Å²) >= 11 is 0. The van der Waals surface area contributed by atoms with Crippen LogP contribution in [0.5, 0.6) is 0 Å². The van der Waals surface area contributed by atoms with Crippen LogP contribution in [0.2, 0.25) is 25.7 Å². The van der Waals surface area contributed by atoms with Crippen LogP contribution in [0, 0.1) is 0 Å². The standard InChI is InChI=1S/C36H53N9O4Si/c1-25-21-27(16-17-43(25)35(46)49-36(2,3)4)42(5)31-15-14-30(38-39-31)29-13-12-28(26-22-37-44(23-26)32-11-9-10-18-48-32)33-34(29)45(41-40-33)24-47-19-20-50(6,7)8/h12-15,22-23,25,27,32H,9-11,16-21,24H2,1-8H3/t25-,27-,32?/m1/s1. The molecule has 13 nitrogen and oxygen atoms in total. The number of fused-ring (bicyclic) bond motifs is 1. The van der Waals surface area contributed by atoms with Gasteiger partial charge in [0.25, 0.3) is 0 Å². The van der Waals surface area contributed by atoms with E-state index in [4.69, 9.17) is 19.3 Å². The molecule has 2 aliphatic rings. The molecule has 0 aliphatic carbocycles. The SMILES string of the molecule is C[C@@H]1C[C@H](N(C)c2ccc(-c3ccc(-c4cnn(C5CCCCO5)c4)c4nnn(COCC[Si](C)(C)C)c34)nn2)CCN1C(=O)OC(C)(C)C. The third-order valence-corrected chi connectivity index (χ3v) is 11.3. The Morgan fingerprint density at radius 1 is 1.06 bits per heavy atom. The predicted octanol–water partition coefficient (Wildman–Crippen LogP) is 6.99. The topological polar surface area (TPSA) is 126 Å². The Kier molecular flexibility index (Phi) is 10.6. The summed E-state index contributed by atoms with van der Waals surface area (Å²) in [6, 6.07) is 9.48. The summed E-state index contributed by atoms with van der Waals surface area (Å²) < 4.78 is 21.5. The highest BCUT2D eigenvalue weighted by Crippen LogP contribution is 2.35. The van der Waals surface area contributed by atoms with Gasteiger partial charge in [0.15, 0.2) is 5.82 Å². The fourth-order valence-corrected chi connectivity index (χ4v) is 7.40. The van der Waals surface area contributed by atoms with Crippen LogP contribution in [-0.4, -0.2) is 98.5 Å². The van der Waals surface area contributed by atoms with Gasteiger partial charge < -0.3 is 24.0 Å². The van der Waals surface area contributed by atoms with Crippen LogP contribution in [-0.2, 0) is 20.9 Å². The van der Waals surface area contributed by atoms with Gasteiger partial charge in [0.05, 0.1) is 11.9 Å². The van der Waals surface area contributed by atoms with E-state index in [2.05, 4.69) is 64.1 Å². The molecule has 6 rings (SSSR count). The molecular weight excluding hydrogens is 651 g/mol. The van der Waals surface area contributed by atoms with Gasteiger partial charge in [-0.15, -0.1) is 15.3 Å². The van der Waals surface area contributed by atoms with Crippen molar-refractivity contribution >= 4 is 31.0 Å². The van der Waals surface area contributed by atoms with Gasteiger partial charge in [-0.25, -0.2) is 14.2 Å². The number of carbonyl (C=O) groups is 1. The Hall–Kier alpha value is -3.88. The lowest BCUT2D eigenvalue weighted by molar-refractivity contribution is -0.0394. The third-order valence-electron chi connectivity index (χ3n) is 9.55. The molecule has 4 aromatic rings. The minimum absolute atomic E-state index is 0.0460. The molecule has 1 amide bonds. The molecule has 1 aromatic carbocycles. The van der Waals surface area contributed by atoms with Crippen LogP contribution in [0.4, 0.5) is 10.6 Å². The lowest BCUT2D eigenvalue weighted by atomic mass is 9.97. The summed E-state index contributed by atoms with van der Waals surface area (Å²) in [5, 5.41) is 23.3. The normalized spacial score (nSPS) is 20.3. The van der Waals surface area contributed by atoms with Crippen LogP contribution < -0.4 is 4.90 Å². The summed E-state index contributed by atoms with van der Waals surface area (Å²) in [6.45, 7) is 17.2. The molecule has 2 fully saturated rings. The summed E-state index contributed by atoms with van der Waals surface area (Å²) in [6.07, 6.45) is 8.41. The van der Waals surface area contributed by atoms with Gasteiger partial charge in [0, 0.05) is 69.9 Å². The number of likely N-dealkylation sites (tertiary alicyclic amines) is 1. The number of hydrogen-bond acceptors (Lipinski definition) is 10. The highest BCUT2D eigenvalue weighted by atomic mass is 28.3. The molecule has 3 aromatic heterocycles. The maximum absolute atomic E-state index is 12.8. The summed E-state index contributed by atoms with van der Waals surface area (Å²) in [5.74, 6) is 0.781. The van der Waals surface area contributed by atoms with Crippen LogP contribution in [0.25, 0.3) is 33.4 Å². The van der Waals surface area contributed by atoms with E-state index in [-0.39, 0.29) is 24.4 Å². The van der Waals surface area contributed by atoms with Crippen molar-refractivity contribution in [1.29, 1.82) is 0 Å². The van der Waals surface area contributed by atoms with E-state index in [1.54, 1.807) is 0 Å². The third kappa shape index (κ3) is 8.35. The molecule has 0 spiro atoms. The molecule has 0 radical (unpaired) electrons. The van der Waals surface area contributed by atoms with Gasteiger partial charge in [-0.2, -0.15) is 5.10 Å². The van der Waals surface area contributed by atoms with Gasteiger partial charge in [-0.3, -0.25) is 0 Å². The van der Waals surface area contributed by atoms with E-state index in [1.165, 1.54) is 0 Å². The predicted molar refractivity (Wildman–Crippen MR) is 197 cm³/mol. The van der Waals surface area contributed by atoms with Crippen LogP contribution in [0.15, 0.2) is 36.7 Å². The zero-order valence-electron chi connectivity index (χ0n) is 30.9. The molecule has 0 N–H and O–H groups in total. The number of aromatic nitrogens is 7. The van der Waals surface area contributed by atoms with Crippen molar-refractivity contribution in [2.75, 3.05) is 31.7 Å². The van der Waals surface area contributed by atoms with Crippen molar-refractivity contribution < 1.29 is 19.0 Å². The summed E-state index contributed by atoms with van der Waals surface area (Å²) in [5.41, 5.74) is 4.59. The Morgan fingerprint density at radius 3 is 2.54 bits per heavy atom.